The molecule has 1 aromatic heterocycles. The van der Waals surface area contributed by atoms with Crippen molar-refractivity contribution >= 4 is 22.4 Å². The highest BCUT2D eigenvalue weighted by molar-refractivity contribution is 5.80. The summed E-state index contributed by atoms with van der Waals surface area (Å²) in [6, 6.07) is 16.6. The fourth-order valence-electron chi connectivity index (χ4n) is 4.00. The lowest BCUT2D eigenvalue weighted by atomic mass is 10.0. The van der Waals surface area contributed by atoms with E-state index in [1.165, 1.54) is 11.3 Å². The standard InChI is InChI=1S/C22H26N4O.C2HF3O2/c1-2-25-14-7-11-20(19-10-5-6-12-21(19)25)23-13-15-26-22(27)18-9-4-3-8-17(18)16-24-26;3-2(4,5)1(6)7/h3-6,8-10,12,16,20,23H,2,7,11,13-15H2,1H3;(H,6,7). The molecule has 1 aliphatic heterocycles. The van der Waals surface area contributed by atoms with Crippen LogP contribution in [0.25, 0.3) is 10.8 Å². The molecule has 0 fully saturated rings. The first-order valence-electron chi connectivity index (χ1n) is 11.0. The minimum atomic E-state index is -5.08. The van der Waals surface area contributed by atoms with Gasteiger partial charge in [-0.15, -0.1) is 0 Å². The van der Waals surface area contributed by atoms with E-state index in [2.05, 4.69) is 46.5 Å². The summed E-state index contributed by atoms with van der Waals surface area (Å²) in [6.45, 7) is 5.62. The third kappa shape index (κ3) is 6.13. The highest BCUT2D eigenvalue weighted by Gasteiger charge is 2.38. The van der Waals surface area contributed by atoms with E-state index in [9.17, 15) is 18.0 Å². The molecule has 1 atom stereocenters. The predicted octanol–water partition coefficient (Wildman–Crippen LogP) is 3.98. The van der Waals surface area contributed by atoms with E-state index < -0.39 is 12.1 Å². The van der Waals surface area contributed by atoms with Crippen LogP contribution < -0.4 is 15.8 Å². The Morgan fingerprint density at radius 3 is 2.56 bits per heavy atom. The molecule has 0 saturated heterocycles. The average molecular weight is 476 g/mol. The molecule has 0 bridgehead atoms. The van der Waals surface area contributed by atoms with Crippen LogP contribution in [0.3, 0.4) is 0 Å². The number of carbonyl (C=O) groups is 1. The molecule has 2 heterocycles. The molecule has 4 rings (SSSR count). The third-order valence-electron chi connectivity index (χ3n) is 5.67. The molecule has 1 aliphatic rings. The SMILES string of the molecule is CCN1CCCC(NCCn2ncc3ccccc3c2=O)c2ccccc21.O=C(O)C(F)(F)F. The van der Waals surface area contributed by atoms with E-state index in [4.69, 9.17) is 9.90 Å². The maximum absolute atomic E-state index is 12.6. The molecule has 182 valence electrons. The first-order valence-corrected chi connectivity index (χ1v) is 11.0. The zero-order valence-corrected chi connectivity index (χ0v) is 18.8. The Hall–Kier alpha value is -3.40. The van der Waals surface area contributed by atoms with Crippen LogP contribution in [0.4, 0.5) is 18.9 Å². The number of nitrogens with one attached hydrogen (secondary N) is 1. The summed E-state index contributed by atoms with van der Waals surface area (Å²) in [7, 11) is 0. The molecular formula is C24H27F3N4O3. The lowest BCUT2D eigenvalue weighted by molar-refractivity contribution is -0.192. The number of aliphatic carboxylic acids is 1. The van der Waals surface area contributed by atoms with Gasteiger partial charge in [-0.05, 0) is 37.5 Å². The number of fused-ring (bicyclic) bond motifs is 2. The molecule has 0 aliphatic carbocycles. The van der Waals surface area contributed by atoms with Gasteiger partial charge in [0.15, 0.2) is 0 Å². The minimum Gasteiger partial charge on any atom is -0.475 e. The number of benzene rings is 2. The van der Waals surface area contributed by atoms with Crippen LogP contribution in [-0.2, 0) is 11.3 Å². The fourth-order valence-corrected chi connectivity index (χ4v) is 4.00. The smallest absolute Gasteiger partial charge is 0.475 e. The van der Waals surface area contributed by atoms with Gasteiger partial charge in [-0.25, -0.2) is 9.48 Å². The van der Waals surface area contributed by atoms with Crippen LogP contribution in [0.2, 0.25) is 0 Å². The molecule has 1 unspecified atom stereocenters. The molecule has 10 heteroatoms. The minimum absolute atomic E-state index is 0.0201. The van der Waals surface area contributed by atoms with E-state index in [-0.39, 0.29) is 5.56 Å². The monoisotopic (exact) mass is 476 g/mol. The van der Waals surface area contributed by atoms with Crippen LogP contribution in [0, 0.1) is 0 Å². The topological polar surface area (TPSA) is 87.5 Å². The molecule has 0 saturated carbocycles. The Morgan fingerprint density at radius 2 is 1.85 bits per heavy atom. The van der Waals surface area contributed by atoms with Gasteiger partial charge < -0.3 is 15.3 Å². The maximum atomic E-state index is 12.6. The summed E-state index contributed by atoms with van der Waals surface area (Å²) in [5.41, 5.74) is 2.67. The second kappa shape index (κ2) is 11.1. The van der Waals surface area contributed by atoms with Crippen molar-refractivity contribution in [3.63, 3.8) is 0 Å². The molecule has 0 radical (unpaired) electrons. The van der Waals surface area contributed by atoms with Crippen molar-refractivity contribution in [1.82, 2.24) is 15.1 Å². The number of hydrogen-bond acceptors (Lipinski definition) is 5. The van der Waals surface area contributed by atoms with Gasteiger partial charge in [-0.1, -0.05) is 36.4 Å². The van der Waals surface area contributed by atoms with Crippen molar-refractivity contribution in [2.45, 2.75) is 38.5 Å². The second-order valence-corrected chi connectivity index (χ2v) is 7.85. The van der Waals surface area contributed by atoms with Gasteiger partial charge in [-0.3, -0.25) is 4.79 Å². The number of para-hydroxylation sites is 1. The van der Waals surface area contributed by atoms with Gasteiger partial charge in [0.05, 0.1) is 18.1 Å². The number of nitrogens with zero attached hydrogens (tertiary/aromatic N) is 3. The predicted molar refractivity (Wildman–Crippen MR) is 124 cm³/mol. The summed E-state index contributed by atoms with van der Waals surface area (Å²) in [4.78, 5) is 24.0. The molecule has 7 nitrogen and oxygen atoms in total. The zero-order chi connectivity index (χ0) is 24.7. The van der Waals surface area contributed by atoms with Gasteiger partial charge in [-0.2, -0.15) is 18.3 Å². The molecule has 0 amide bonds. The molecule has 0 spiro atoms. The maximum Gasteiger partial charge on any atom is 0.490 e. The van der Waals surface area contributed by atoms with E-state index in [1.807, 2.05) is 24.3 Å². The number of carboxylic acids is 1. The first-order chi connectivity index (χ1) is 16.2. The average Bonchev–Trinajstić information content (AvgIpc) is 3.00. The van der Waals surface area contributed by atoms with Crippen LogP contribution in [0.5, 0.6) is 0 Å². The van der Waals surface area contributed by atoms with Gasteiger partial charge >= 0.3 is 12.1 Å². The van der Waals surface area contributed by atoms with Crippen molar-refractivity contribution in [3.05, 3.63) is 70.6 Å². The number of rotatable bonds is 5. The third-order valence-corrected chi connectivity index (χ3v) is 5.67. The number of carboxylic acid groups (broad SMARTS) is 1. The Kier molecular flexibility index (Phi) is 8.27. The number of hydrogen-bond donors (Lipinski definition) is 2. The largest absolute Gasteiger partial charge is 0.490 e. The summed E-state index contributed by atoms with van der Waals surface area (Å²) in [5, 5.41) is 16.7. The lowest BCUT2D eigenvalue weighted by Gasteiger charge is -2.24. The normalized spacial score (nSPS) is 15.8. The highest BCUT2D eigenvalue weighted by Crippen LogP contribution is 2.32. The van der Waals surface area contributed by atoms with Crippen molar-refractivity contribution in [1.29, 1.82) is 0 Å². The van der Waals surface area contributed by atoms with Gasteiger partial charge in [0.1, 0.15) is 0 Å². The van der Waals surface area contributed by atoms with Crippen LogP contribution >= 0.6 is 0 Å². The Bertz CT molecular complexity index is 1180. The molecule has 2 N–H and O–H groups in total. The van der Waals surface area contributed by atoms with E-state index >= 15 is 0 Å². The van der Waals surface area contributed by atoms with Crippen molar-refractivity contribution in [2.24, 2.45) is 0 Å². The molecule has 34 heavy (non-hydrogen) atoms. The Morgan fingerprint density at radius 1 is 1.18 bits per heavy atom. The van der Waals surface area contributed by atoms with Crippen LogP contribution in [0.15, 0.2) is 59.5 Å². The lowest BCUT2D eigenvalue weighted by Crippen LogP contribution is -2.31. The van der Waals surface area contributed by atoms with Crippen LogP contribution in [0.1, 0.15) is 31.4 Å². The number of anilines is 1. The Balaban J connectivity index is 0.000000406. The number of halogens is 3. The summed E-state index contributed by atoms with van der Waals surface area (Å²) < 4.78 is 33.3. The fraction of sp³-hybridized carbons (Fsp3) is 0.375. The number of alkyl halides is 3. The van der Waals surface area contributed by atoms with Crippen molar-refractivity contribution in [2.75, 3.05) is 24.5 Å². The summed E-state index contributed by atoms with van der Waals surface area (Å²) in [5.74, 6) is -2.76. The zero-order valence-electron chi connectivity index (χ0n) is 18.8. The van der Waals surface area contributed by atoms with E-state index in [1.54, 1.807) is 10.9 Å². The van der Waals surface area contributed by atoms with E-state index in [0.717, 1.165) is 43.2 Å². The van der Waals surface area contributed by atoms with Crippen molar-refractivity contribution in [3.8, 4) is 0 Å². The van der Waals surface area contributed by atoms with E-state index in [0.29, 0.717) is 12.6 Å². The van der Waals surface area contributed by atoms with Gasteiger partial charge in [0.25, 0.3) is 5.56 Å². The van der Waals surface area contributed by atoms with Crippen LogP contribution in [-0.4, -0.2) is 46.7 Å². The van der Waals surface area contributed by atoms with Gasteiger partial charge in [0.2, 0.25) is 0 Å². The quantitative estimate of drug-likeness (QED) is 0.579. The molecular weight excluding hydrogens is 449 g/mol. The van der Waals surface area contributed by atoms with Crippen molar-refractivity contribution < 1.29 is 23.1 Å². The summed E-state index contributed by atoms with van der Waals surface area (Å²) >= 11 is 0. The summed E-state index contributed by atoms with van der Waals surface area (Å²) in [6.07, 6.45) is -1.04. The van der Waals surface area contributed by atoms with Gasteiger partial charge in [0, 0.05) is 36.7 Å². The molecule has 3 aromatic rings. The first kappa shape index (κ1) is 25.2. The molecule has 2 aromatic carbocycles. The number of aromatic nitrogens is 2. The second-order valence-electron chi connectivity index (χ2n) is 7.85. The highest BCUT2D eigenvalue weighted by atomic mass is 19.4. The Labute approximate surface area is 194 Å².